The van der Waals surface area contributed by atoms with E-state index in [1.54, 1.807) is 36.4 Å². The molecule has 0 unspecified atom stereocenters. The van der Waals surface area contributed by atoms with Crippen LogP contribution in [-0.4, -0.2) is 26.4 Å². The Labute approximate surface area is 169 Å². The van der Waals surface area contributed by atoms with Gasteiger partial charge in [0.25, 0.3) is 5.91 Å². The fraction of sp³-hybridized carbons (Fsp3) is 0.0476. The Balaban J connectivity index is 1.52. The Morgan fingerprint density at radius 1 is 0.933 bits per heavy atom. The molecule has 0 aliphatic rings. The van der Waals surface area contributed by atoms with Crippen LogP contribution in [0, 0.1) is 11.6 Å². The first-order chi connectivity index (χ1) is 14.5. The van der Waals surface area contributed by atoms with Crippen molar-refractivity contribution in [3.8, 4) is 0 Å². The number of halogens is 2. The number of rotatable bonds is 5. The monoisotopic (exact) mass is 407 g/mol. The first kappa shape index (κ1) is 19.2. The second-order valence-electron chi connectivity index (χ2n) is 6.43. The van der Waals surface area contributed by atoms with E-state index in [-0.39, 0.29) is 23.8 Å². The highest BCUT2D eigenvalue weighted by Gasteiger charge is 2.15. The number of nitrogens with one attached hydrogen (secondary N) is 2. The lowest BCUT2D eigenvalue weighted by molar-refractivity contribution is -0.115. The number of amides is 2. The second kappa shape index (κ2) is 8.08. The van der Waals surface area contributed by atoms with E-state index in [4.69, 9.17) is 0 Å². The molecular formula is C21H15F2N5O2. The molecule has 0 atom stereocenters. The molecule has 0 aliphatic carbocycles. The summed E-state index contributed by atoms with van der Waals surface area (Å²) in [7, 11) is 0. The van der Waals surface area contributed by atoms with Gasteiger partial charge in [-0.05, 0) is 36.4 Å². The number of hydrogen-bond acceptors (Lipinski definition) is 4. The van der Waals surface area contributed by atoms with E-state index in [0.717, 1.165) is 12.1 Å². The van der Waals surface area contributed by atoms with Crippen LogP contribution in [0.4, 0.5) is 20.2 Å². The van der Waals surface area contributed by atoms with Crippen molar-refractivity contribution in [2.45, 2.75) is 6.42 Å². The largest absolute Gasteiger partial charge is 0.323 e. The molecule has 2 aromatic carbocycles. The summed E-state index contributed by atoms with van der Waals surface area (Å²) in [5.74, 6) is -2.25. The smallest absolute Gasteiger partial charge is 0.257 e. The van der Waals surface area contributed by atoms with Crippen LogP contribution < -0.4 is 10.6 Å². The van der Waals surface area contributed by atoms with Crippen molar-refractivity contribution in [3.63, 3.8) is 0 Å². The Morgan fingerprint density at radius 2 is 1.73 bits per heavy atom. The molecule has 0 aliphatic heterocycles. The lowest BCUT2D eigenvalue weighted by Gasteiger charge is -2.07. The standard InChI is InChI=1S/C21H15F2N5O2/c22-14-7-8-17(16(23)10-14)25-20(29)11-19-27-26-18-9-6-13(12-28(18)19)21(30)24-15-4-2-1-3-5-15/h1-10,12H,11H2,(H,24,30)(H,25,29). The van der Waals surface area contributed by atoms with E-state index in [0.29, 0.717) is 23.0 Å². The summed E-state index contributed by atoms with van der Waals surface area (Å²) in [5.41, 5.74) is 1.30. The first-order valence-electron chi connectivity index (χ1n) is 8.94. The van der Waals surface area contributed by atoms with E-state index in [9.17, 15) is 18.4 Å². The average molecular weight is 407 g/mol. The van der Waals surface area contributed by atoms with E-state index < -0.39 is 17.5 Å². The Bertz CT molecular complexity index is 1240. The topological polar surface area (TPSA) is 88.4 Å². The number of carbonyl (C=O) groups excluding carboxylic acids is 2. The lowest BCUT2D eigenvalue weighted by Crippen LogP contribution is -2.17. The molecule has 9 heteroatoms. The zero-order valence-electron chi connectivity index (χ0n) is 15.5. The summed E-state index contributed by atoms with van der Waals surface area (Å²) < 4.78 is 28.2. The van der Waals surface area contributed by atoms with Crippen molar-refractivity contribution in [1.82, 2.24) is 14.6 Å². The fourth-order valence-electron chi connectivity index (χ4n) is 2.85. The van der Waals surface area contributed by atoms with Crippen molar-refractivity contribution in [2.24, 2.45) is 0 Å². The normalized spacial score (nSPS) is 10.7. The van der Waals surface area contributed by atoms with Crippen molar-refractivity contribution in [3.05, 3.63) is 89.9 Å². The number of carbonyl (C=O) groups is 2. The molecular weight excluding hydrogens is 392 g/mol. The second-order valence-corrected chi connectivity index (χ2v) is 6.43. The van der Waals surface area contributed by atoms with Gasteiger partial charge in [-0.1, -0.05) is 18.2 Å². The molecule has 7 nitrogen and oxygen atoms in total. The Kier molecular flexibility index (Phi) is 5.17. The number of fused-ring (bicyclic) bond motifs is 1. The Morgan fingerprint density at radius 3 is 2.50 bits per heavy atom. The van der Waals surface area contributed by atoms with E-state index >= 15 is 0 Å². The van der Waals surface area contributed by atoms with E-state index in [2.05, 4.69) is 20.8 Å². The van der Waals surface area contributed by atoms with Gasteiger partial charge in [-0.25, -0.2) is 8.78 Å². The molecule has 4 rings (SSSR count). The molecule has 0 radical (unpaired) electrons. The third-order valence-electron chi connectivity index (χ3n) is 4.29. The summed E-state index contributed by atoms with van der Waals surface area (Å²) in [6.07, 6.45) is 1.30. The van der Waals surface area contributed by atoms with Crippen LogP contribution in [0.1, 0.15) is 16.2 Å². The van der Waals surface area contributed by atoms with Gasteiger partial charge in [-0.2, -0.15) is 0 Å². The summed E-state index contributed by atoms with van der Waals surface area (Å²) >= 11 is 0. The highest BCUT2D eigenvalue weighted by atomic mass is 19.1. The summed E-state index contributed by atoms with van der Waals surface area (Å²) in [4.78, 5) is 24.8. The first-order valence-corrected chi connectivity index (χ1v) is 8.94. The fourth-order valence-corrected chi connectivity index (χ4v) is 2.85. The van der Waals surface area contributed by atoms with Gasteiger partial charge in [0.2, 0.25) is 5.91 Å². The van der Waals surface area contributed by atoms with Crippen LogP contribution in [0.3, 0.4) is 0 Å². The number of para-hydroxylation sites is 1. The molecule has 2 amide bonds. The van der Waals surface area contributed by atoms with Crippen molar-refractivity contribution >= 4 is 28.8 Å². The molecule has 2 heterocycles. The van der Waals surface area contributed by atoms with Crippen LogP contribution in [0.15, 0.2) is 66.9 Å². The molecule has 150 valence electrons. The minimum atomic E-state index is -0.880. The zero-order chi connectivity index (χ0) is 21.1. The number of nitrogens with zero attached hydrogens (tertiary/aromatic N) is 3. The molecule has 30 heavy (non-hydrogen) atoms. The van der Waals surface area contributed by atoms with Gasteiger partial charge in [0, 0.05) is 18.0 Å². The minimum absolute atomic E-state index is 0.141. The highest BCUT2D eigenvalue weighted by molar-refractivity contribution is 6.04. The number of hydrogen-bond donors (Lipinski definition) is 2. The van der Waals surface area contributed by atoms with Crippen LogP contribution in [0.5, 0.6) is 0 Å². The molecule has 0 fully saturated rings. The third-order valence-corrected chi connectivity index (χ3v) is 4.29. The molecule has 0 saturated carbocycles. The van der Waals surface area contributed by atoms with Crippen molar-refractivity contribution < 1.29 is 18.4 Å². The SMILES string of the molecule is O=C(Cc1nnc2ccc(C(=O)Nc3ccccc3)cn12)Nc1ccc(F)cc1F. The molecule has 4 aromatic rings. The van der Waals surface area contributed by atoms with Gasteiger partial charge in [0.1, 0.15) is 17.5 Å². The molecule has 2 N–H and O–H groups in total. The van der Waals surface area contributed by atoms with Gasteiger partial charge >= 0.3 is 0 Å². The van der Waals surface area contributed by atoms with Crippen LogP contribution in [-0.2, 0) is 11.2 Å². The zero-order valence-corrected chi connectivity index (χ0v) is 15.5. The Hall–Kier alpha value is -4.14. The van der Waals surface area contributed by atoms with Crippen LogP contribution in [0.25, 0.3) is 5.65 Å². The molecule has 0 spiro atoms. The quantitative estimate of drug-likeness (QED) is 0.531. The van der Waals surface area contributed by atoms with E-state index in [1.807, 2.05) is 6.07 Å². The van der Waals surface area contributed by atoms with Gasteiger partial charge in [0.05, 0.1) is 17.7 Å². The number of pyridine rings is 1. The predicted octanol–water partition coefficient (Wildman–Crippen LogP) is 3.44. The minimum Gasteiger partial charge on any atom is -0.323 e. The molecule has 2 aromatic heterocycles. The van der Waals surface area contributed by atoms with Gasteiger partial charge < -0.3 is 10.6 Å². The van der Waals surface area contributed by atoms with Crippen molar-refractivity contribution in [2.75, 3.05) is 10.6 Å². The van der Waals surface area contributed by atoms with Crippen LogP contribution >= 0.6 is 0 Å². The van der Waals surface area contributed by atoms with E-state index in [1.165, 1.54) is 10.6 Å². The van der Waals surface area contributed by atoms with Gasteiger partial charge in [0.15, 0.2) is 5.65 Å². The van der Waals surface area contributed by atoms with Gasteiger partial charge in [-0.15, -0.1) is 10.2 Å². The molecule has 0 saturated heterocycles. The number of anilines is 2. The highest BCUT2D eigenvalue weighted by Crippen LogP contribution is 2.16. The average Bonchev–Trinajstić information content (AvgIpc) is 3.13. The number of aromatic nitrogens is 3. The number of benzene rings is 2. The maximum Gasteiger partial charge on any atom is 0.257 e. The summed E-state index contributed by atoms with van der Waals surface area (Å²) in [6.45, 7) is 0. The summed E-state index contributed by atoms with van der Waals surface area (Å²) in [5, 5.41) is 13.1. The maximum atomic E-state index is 13.7. The molecule has 0 bridgehead atoms. The maximum absolute atomic E-state index is 13.7. The predicted molar refractivity (Wildman–Crippen MR) is 106 cm³/mol. The summed E-state index contributed by atoms with van der Waals surface area (Å²) in [6, 6.07) is 15.0. The lowest BCUT2D eigenvalue weighted by atomic mass is 10.2. The van der Waals surface area contributed by atoms with Crippen molar-refractivity contribution in [1.29, 1.82) is 0 Å². The third kappa shape index (κ3) is 4.14. The van der Waals surface area contributed by atoms with Crippen LogP contribution in [0.2, 0.25) is 0 Å². The van der Waals surface area contributed by atoms with Gasteiger partial charge in [-0.3, -0.25) is 14.0 Å².